The maximum atomic E-state index is 6.17. The monoisotopic (exact) mass is 403 g/mol. The molecule has 5 heteroatoms. The molecule has 0 amide bonds. The number of aromatic amines is 1. The highest BCUT2D eigenvalue weighted by molar-refractivity contribution is 14.1. The highest BCUT2D eigenvalue weighted by Crippen LogP contribution is 2.20. The lowest BCUT2D eigenvalue weighted by molar-refractivity contribution is 0.760. The first-order valence-electron chi connectivity index (χ1n) is 6.83. The molecule has 20 heavy (non-hydrogen) atoms. The van der Waals surface area contributed by atoms with Crippen molar-refractivity contribution in [1.29, 1.82) is 0 Å². The van der Waals surface area contributed by atoms with Gasteiger partial charge in [-0.2, -0.15) is 0 Å². The summed E-state index contributed by atoms with van der Waals surface area (Å²) in [6, 6.07) is 6.35. The van der Waals surface area contributed by atoms with Gasteiger partial charge in [-0.25, -0.2) is 4.98 Å². The van der Waals surface area contributed by atoms with E-state index in [2.05, 4.69) is 69.9 Å². The number of hydrogen-bond acceptors (Lipinski definition) is 2. The second-order valence-electron chi connectivity index (χ2n) is 4.87. The van der Waals surface area contributed by atoms with Crippen LogP contribution in [-0.4, -0.2) is 9.97 Å². The summed E-state index contributed by atoms with van der Waals surface area (Å²) >= 11 is 8.49. The van der Waals surface area contributed by atoms with E-state index in [1.165, 1.54) is 9.13 Å². The third-order valence-electron chi connectivity index (χ3n) is 3.19. The Morgan fingerprint density at radius 2 is 2.20 bits per heavy atom. The molecule has 0 radical (unpaired) electrons. The number of rotatable bonds is 6. The molecule has 108 valence electrons. The summed E-state index contributed by atoms with van der Waals surface area (Å²) in [7, 11) is 0. The first-order valence-corrected chi connectivity index (χ1v) is 8.29. The van der Waals surface area contributed by atoms with Gasteiger partial charge in [-0.1, -0.05) is 24.9 Å². The van der Waals surface area contributed by atoms with Crippen molar-refractivity contribution >= 4 is 39.9 Å². The fraction of sp³-hybridized carbons (Fsp3) is 0.400. The van der Waals surface area contributed by atoms with Crippen LogP contribution in [-0.2, 0) is 13.0 Å². The Morgan fingerprint density at radius 3 is 2.90 bits per heavy atom. The number of nitrogens with one attached hydrogen (secondary N) is 2. The molecule has 0 aliphatic carbocycles. The maximum Gasteiger partial charge on any atom is 0.152 e. The van der Waals surface area contributed by atoms with Crippen LogP contribution >= 0.6 is 34.2 Å². The van der Waals surface area contributed by atoms with Crippen LogP contribution in [0.1, 0.15) is 36.8 Å². The third-order valence-corrected chi connectivity index (χ3v) is 4.17. The van der Waals surface area contributed by atoms with Gasteiger partial charge in [0, 0.05) is 15.7 Å². The zero-order valence-corrected chi connectivity index (χ0v) is 14.7. The fourth-order valence-corrected chi connectivity index (χ4v) is 2.89. The Bertz CT molecular complexity index is 580. The summed E-state index contributed by atoms with van der Waals surface area (Å²) in [6.07, 6.45) is 3.25. The van der Waals surface area contributed by atoms with Crippen molar-refractivity contribution in [2.24, 2.45) is 0 Å². The van der Waals surface area contributed by atoms with Crippen LogP contribution in [0.4, 0.5) is 5.69 Å². The average Bonchev–Trinajstić information content (AvgIpc) is 2.76. The van der Waals surface area contributed by atoms with Crippen molar-refractivity contribution in [3.63, 3.8) is 0 Å². The first-order chi connectivity index (χ1) is 9.60. The van der Waals surface area contributed by atoms with E-state index < -0.39 is 0 Å². The van der Waals surface area contributed by atoms with Crippen molar-refractivity contribution in [2.75, 3.05) is 5.32 Å². The third kappa shape index (κ3) is 4.12. The largest absolute Gasteiger partial charge is 0.379 e. The van der Waals surface area contributed by atoms with E-state index in [9.17, 15) is 0 Å². The lowest BCUT2D eigenvalue weighted by atomic mass is 10.2. The lowest BCUT2D eigenvalue weighted by Crippen LogP contribution is -2.02. The Labute approximate surface area is 138 Å². The summed E-state index contributed by atoms with van der Waals surface area (Å²) in [4.78, 5) is 7.68. The van der Waals surface area contributed by atoms with Gasteiger partial charge in [-0.15, -0.1) is 0 Å². The van der Waals surface area contributed by atoms with E-state index in [4.69, 9.17) is 11.6 Å². The molecule has 2 rings (SSSR count). The minimum absolute atomic E-state index is 0.576. The SMILES string of the molecule is CCCCc1nc(Cl)c(CNc2ccc(I)cc2C)[nH]1. The van der Waals surface area contributed by atoms with Crippen LogP contribution in [0.3, 0.4) is 0 Å². The van der Waals surface area contributed by atoms with Crippen molar-refractivity contribution in [2.45, 2.75) is 39.7 Å². The van der Waals surface area contributed by atoms with E-state index in [1.807, 2.05) is 0 Å². The summed E-state index contributed by atoms with van der Waals surface area (Å²) in [5, 5.41) is 3.98. The average molecular weight is 404 g/mol. The first kappa shape index (κ1) is 15.6. The second-order valence-corrected chi connectivity index (χ2v) is 6.47. The molecule has 1 aromatic heterocycles. The molecule has 0 spiro atoms. The van der Waals surface area contributed by atoms with Gasteiger partial charge in [-0.05, 0) is 59.7 Å². The molecule has 0 saturated carbocycles. The Balaban J connectivity index is 2.01. The molecular weight excluding hydrogens is 385 g/mol. The van der Waals surface area contributed by atoms with E-state index >= 15 is 0 Å². The molecule has 0 bridgehead atoms. The summed E-state index contributed by atoms with van der Waals surface area (Å²) < 4.78 is 1.24. The van der Waals surface area contributed by atoms with Gasteiger partial charge < -0.3 is 10.3 Å². The standard InChI is InChI=1S/C15H19ClIN3/c1-3-4-5-14-19-13(15(16)20-14)9-18-12-7-6-11(17)8-10(12)2/h6-8,18H,3-5,9H2,1-2H3,(H,19,20). The number of halogens is 2. The second kappa shape index (κ2) is 7.31. The number of anilines is 1. The van der Waals surface area contributed by atoms with Gasteiger partial charge in [0.2, 0.25) is 0 Å². The van der Waals surface area contributed by atoms with Gasteiger partial charge in [0.1, 0.15) is 5.82 Å². The number of nitrogens with zero attached hydrogens (tertiary/aromatic N) is 1. The quantitative estimate of drug-likeness (QED) is 0.671. The molecule has 3 nitrogen and oxygen atoms in total. The number of H-pyrrole nitrogens is 1. The summed E-state index contributed by atoms with van der Waals surface area (Å²) in [5.41, 5.74) is 3.32. The Hall–Kier alpha value is -0.750. The van der Waals surface area contributed by atoms with Gasteiger partial charge in [-0.3, -0.25) is 0 Å². The number of imidazole rings is 1. The molecule has 2 N–H and O–H groups in total. The van der Waals surface area contributed by atoms with Crippen LogP contribution < -0.4 is 5.32 Å². The highest BCUT2D eigenvalue weighted by Gasteiger charge is 2.08. The van der Waals surface area contributed by atoms with Crippen molar-refractivity contribution in [3.8, 4) is 0 Å². The number of aryl methyl sites for hydroxylation is 2. The van der Waals surface area contributed by atoms with Crippen LogP contribution in [0.25, 0.3) is 0 Å². The smallest absolute Gasteiger partial charge is 0.152 e. The topological polar surface area (TPSA) is 40.7 Å². The van der Waals surface area contributed by atoms with E-state index in [-0.39, 0.29) is 0 Å². The van der Waals surface area contributed by atoms with Crippen molar-refractivity contribution < 1.29 is 0 Å². The van der Waals surface area contributed by atoms with Crippen LogP contribution in [0.2, 0.25) is 5.15 Å². The number of unbranched alkanes of at least 4 members (excludes halogenated alkanes) is 1. The van der Waals surface area contributed by atoms with Crippen LogP contribution in [0.15, 0.2) is 18.2 Å². The minimum atomic E-state index is 0.576. The zero-order valence-electron chi connectivity index (χ0n) is 11.8. The van der Waals surface area contributed by atoms with Crippen molar-refractivity contribution in [1.82, 2.24) is 9.97 Å². The van der Waals surface area contributed by atoms with Gasteiger partial charge in [0.15, 0.2) is 5.15 Å². The molecule has 0 aliphatic rings. The predicted molar refractivity (Wildman–Crippen MR) is 93.4 cm³/mol. The molecule has 1 aromatic carbocycles. The number of aromatic nitrogens is 2. The van der Waals surface area contributed by atoms with E-state index in [0.717, 1.165) is 36.5 Å². The molecule has 0 atom stereocenters. The predicted octanol–water partition coefficient (Wildman–Crippen LogP) is 4.93. The van der Waals surface area contributed by atoms with Gasteiger partial charge in [0.05, 0.1) is 12.2 Å². The molecule has 0 saturated heterocycles. The molecule has 0 unspecified atom stereocenters. The van der Waals surface area contributed by atoms with Crippen molar-refractivity contribution in [3.05, 3.63) is 44.0 Å². The van der Waals surface area contributed by atoms with E-state index in [0.29, 0.717) is 11.7 Å². The summed E-state index contributed by atoms with van der Waals surface area (Å²) in [6.45, 7) is 4.94. The van der Waals surface area contributed by atoms with E-state index in [1.54, 1.807) is 0 Å². The van der Waals surface area contributed by atoms with Gasteiger partial charge >= 0.3 is 0 Å². The Kier molecular flexibility index (Phi) is 5.72. The van der Waals surface area contributed by atoms with Crippen LogP contribution in [0.5, 0.6) is 0 Å². The summed E-state index contributed by atoms with van der Waals surface area (Å²) in [5.74, 6) is 0.980. The lowest BCUT2D eigenvalue weighted by Gasteiger charge is -2.09. The zero-order chi connectivity index (χ0) is 14.5. The normalized spacial score (nSPS) is 10.8. The minimum Gasteiger partial charge on any atom is -0.379 e. The molecule has 2 aromatic rings. The highest BCUT2D eigenvalue weighted by atomic mass is 127. The van der Waals surface area contributed by atoms with Gasteiger partial charge in [0.25, 0.3) is 0 Å². The number of benzene rings is 1. The Morgan fingerprint density at radius 1 is 1.40 bits per heavy atom. The fourth-order valence-electron chi connectivity index (χ4n) is 2.03. The molecule has 0 aliphatic heterocycles. The maximum absolute atomic E-state index is 6.17. The van der Waals surface area contributed by atoms with Crippen LogP contribution in [0, 0.1) is 10.5 Å². The number of hydrogen-bond donors (Lipinski definition) is 2. The molecular formula is C15H19ClIN3. The molecule has 0 fully saturated rings. The molecule has 1 heterocycles.